The highest BCUT2D eigenvalue weighted by Gasteiger charge is 2.61. The number of carbonyl (C=O) groups excluding carboxylic acids is 3. The third kappa shape index (κ3) is 5.66. The molecular formula is C35H33ClFN3O7S. The number of fused-ring (bicyclic) bond motifs is 2. The van der Waals surface area contributed by atoms with Crippen LogP contribution in [0.25, 0.3) is 11.0 Å². The van der Waals surface area contributed by atoms with Gasteiger partial charge in [0, 0.05) is 54.2 Å². The maximum atomic E-state index is 14.3. The topological polar surface area (TPSA) is 140 Å². The van der Waals surface area contributed by atoms with Crippen LogP contribution in [0.3, 0.4) is 0 Å². The number of allylic oxidation sites excluding steroid dienone is 1. The number of Topliss-reactive ketones (excluding diaryl/α,β-unsaturated/α-hetero) is 2. The summed E-state index contributed by atoms with van der Waals surface area (Å²) in [5.74, 6) is -3.16. The molecule has 6 rings (SSSR count). The zero-order valence-electron chi connectivity index (χ0n) is 26.6. The van der Waals surface area contributed by atoms with E-state index in [-0.39, 0.29) is 58.6 Å². The molecule has 48 heavy (non-hydrogen) atoms. The van der Waals surface area contributed by atoms with Crippen LogP contribution >= 0.6 is 23.4 Å². The van der Waals surface area contributed by atoms with Crippen molar-refractivity contribution in [3.8, 4) is 17.2 Å². The monoisotopic (exact) mass is 693 g/mol. The highest BCUT2D eigenvalue weighted by Crippen LogP contribution is 2.55. The normalized spacial score (nSPS) is 19.4. The van der Waals surface area contributed by atoms with E-state index in [0.717, 1.165) is 4.90 Å². The molecule has 3 unspecified atom stereocenters. The first-order chi connectivity index (χ1) is 23.0. The van der Waals surface area contributed by atoms with E-state index in [1.807, 2.05) is 18.4 Å². The highest BCUT2D eigenvalue weighted by molar-refractivity contribution is 7.98. The minimum absolute atomic E-state index is 0.0168. The second kappa shape index (κ2) is 13.2. The number of carbonyl (C=O) groups is 3. The van der Waals surface area contributed by atoms with Gasteiger partial charge in [-0.2, -0.15) is 0 Å². The number of methoxy groups -OCH3 is 2. The number of aromatic nitrogens is 2. The van der Waals surface area contributed by atoms with Gasteiger partial charge in [0.2, 0.25) is 17.3 Å². The summed E-state index contributed by atoms with van der Waals surface area (Å²) in [4.78, 5) is 50.0. The van der Waals surface area contributed by atoms with Gasteiger partial charge in [-0.25, -0.2) is 9.37 Å². The number of hydrogen-bond donors (Lipinski definition) is 3. The molecule has 0 saturated carbocycles. The molecule has 3 aromatic carbocycles. The van der Waals surface area contributed by atoms with Crippen LogP contribution in [0.15, 0.2) is 64.8 Å². The molecule has 1 aliphatic heterocycles. The maximum Gasteiger partial charge on any atom is 0.231 e. The number of ether oxygens (including phenoxy) is 3. The van der Waals surface area contributed by atoms with Crippen molar-refractivity contribution in [2.45, 2.75) is 42.6 Å². The van der Waals surface area contributed by atoms with Crippen molar-refractivity contribution < 1.29 is 38.1 Å². The Bertz CT molecular complexity index is 1980. The predicted molar refractivity (Wildman–Crippen MR) is 179 cm³/mol. The van der Waals surface area contributed by atoms with Crippen molar-refractivity contribution in [3.05, 3.63) is 87.7 Å². The number of benzene rings is 3. The third-order valence-corrected chi connectivity index (χ3v) is 10.0. The molecular weight excluding hydrogens is 661 g/mol. The van der Waals surface area contributed by atoms with Gasteiger partial charge in [-0.05, 0) is 42.2 Å². The van der Waals surface area contributed by atoms with Crippen molar-refractivity contribution >= 4 is 51.9 Å². The Hall–Kier alpha value is -4.55. The van der Waals surface area contributed by atoms with Gasteiger partial charge < -0.3 is 29.6 Å². The number of aromatic amines is 1. The summed E-state index contributed by atoms with van der Waals surface area (Å²) in [7, 11) is 2.80. The number of aliphatic hydroxyl groups excluding tert-OH is 1. The number of ketones is 2. The zero-order valence-corrected chi connectivity index (χ0v) is 28.2. The molecule has 13 heteroatoms. The minimum atomic E-state index is -1.98. The van der Waals surface area contributed by atoms with Gasteiger partial charge in [0.15, 0.2) is 17.3 Å². The molecule has 0 radical (unpaired) electrons. The number of amides is 1. The first-order valence-corrected chi connectivity index (χ1v) is 16.8. The van der Waals surface area contributed by atoms with E-state index in [1.165, 1.54) is 44.2 Å². The Labute approximate surface area is 285 Å². The number of aliphatic hydroxyl groups is 1. The smallest absolute Gasteiger partial charge is 0.231 e. The minimum Gasteiger partial charge on any atom is -0.507 e. The maximum absolute atomic E-state index is 14.3. The predicted octanol–water partition coefficient (Wildman–Crippen LogP) is 6.36. The van der Waals surface area contributed by atoms with Crippen LogP contribution < -0.4 is 19.5 Å². The standard InChI is InChI=1S/C35H33ClFN3O7S/c1-17-13-24(41)29(33(43)35(17)34(44)30-25(45-2)16-26(46-3)31(36)32(30)47-35)21(18-5-8-20(48-4)9-6-18)15-28(42)38-12-11-27-39-22-10-7-19(37)14-23(22)40-27/h5-10,14,16-17,21,43H,11-13,15H2,1-4H3,(H,38,42)(H,39,40). The molecule has 1 aromatic heterocycles. The van der Waals surface area contributed by atoms with Crippen LogP contribution in [0.1, 0.15) is 47.4 Å². The number of hydrogen-bond acceptors (Lipinski definition) is 9. The zero-order chi connectivity index (χ0) is 34.3. The van der Waals surface area contributed by atoms with Crippen molar-refractivity contribution in [1.29, 1.82) is 0 Å². The summed E-state index contributed by atoms with van der Waals surface area (Å²) in [6, 6.07) is 13.0. The summed E-state index contributed by atoms with van der Waals surface area (Å²) >= 11 is 8.12. The van der Waals surface area contributed by atoms with Crippen LogP contribution in [0, 0.1) is 11.7 Å². The van der Waals surface area contributed by atoms with E-state index in [0.29, 0.717) is 28.8 Å². The van der Waals surface area contributed by atoms with Gasteiger partial charge in [-0.3, -0.25) is 14.4 Å². The van der Waals surface area contributed by atoms with E-state index in [9.17, 15) is 23.9 Å². The summed E-state index contributed by atoms with van der Waals surface area (Å²) in [5, 5.41) is 15.0. The van der Waals surface area contributed by atoms with E-state index in [2.05, 4.69) is 15.3 Å². The number of rotatable bonds is 10. The first kappa shape index (κ1) is 33.4. The summed E-state index contributed by atoms with van der Waals surface area (Å²) < 4.78 is 30.7. The van der Waals surface area contributed by atoms with Crippen LogP contribution in [-0.2, 0) is 16.0 Å². The molecule has 2 heterocycles. The fraction of sp³-hybridized carbons (Fsp3) is 0.314. The van der Waals surface area contributed by atoms with Gasteiger partial charge in [0.1, 0.15) is 33.7 Å². The lowest BCUT2D eigenvalue weighted by Crippen LogP contribution is -2.53. The Morgan fingerprint density at radius 1 is 1.19 bits per heavy atom. The molecule has 2 aliphatic rings. The molecule has 3 atom stereocenters. The van der Waals surface area contributed by atoms with E-state index in [1.54, 1.807) is 25.1 Å². The molecule has 1 aliphatic carbocycles. The Morgan fingerprint density at radius 3 is 2.60 bits per heavy atom. The van der Waals surface area contributed by atoms with E-state index >= 15 is 0 Å². The largest absolute Gasteiger partial charge is 0.507 e. The average Bonchev–Trinajstić information content (AvgIpc) is 3.62. The van der Waals surface area contributed by atoms with E-state index < -0.39 is 40.7 Å². The van der Waals surface area contributed by atoms with Gasteiger partial charge >= 0.3 is 0 Å². The number of nitrogens with zero attached hydrogens (tertiary/aromatic N) is 1. The third-order valence-electron chi connectivity index (χ3n) is 8.94. The average molecular weight is 694 g/mol. The molecule has 10 nitrogen and oxygen atoms in total. The van der Waals surface area contributed by atoms with Crippen molar-refractivity contribution in [1.82, 2.24) is 15.3 Å². The Balaban J connectivity index is 1.34. The van der Waals surface area contributed by atoms with Crippen molar-refractivity contribution in [2.75, 3.05) is 27.0 Å². The molecule has 250 valence electrons. The first-order valence-electron chi connectivity index (χ1n) is 15.2. The molecule has 3 N–H and O–H groups in total. The number of nitrogens with one attached hydrogen (secondary N) is 2. The lowest BCUT2D eigenvalue weighted by atomic mass is 9.69. The van der Waals surface area contributed by atoms with Crippen molar-refractivity contribution in [3.63, 3.8) is 0 Å². The second-order valence-corrected chi connectivity index (χ2v) is 13.0. The fourth-order valence-corrected chi connectivity index (χ4v) is 7.17. The molecule has 0 fully saturated rings. The summed E-state index contributed by atoms with van der Waals surface area (Å²) in [6.45, 7) is 1.85. The molecule has 1 spiro atoms. The number of halogens is 2. The van der Waals surface area contributed by atoms with Gasteiger partial charge in [-0.1, -0.05) is 30.7 Å². The lowest BCUT2D eigenvalue weighted by Gasteiger charge is -2.38. The van der Waals surface area contributed by atoms with Gasteiger partial charge in [0.05, 0.1) is 25.3 Å². The quantitative estimate of drug-likeness (QED) is 0.162. The van der Waals surface area contributed by atoms with Gasteiger partial charge in [-0.15, -0.1) is 11.8 Å². The van der Waals surface area contributed by atoms with Crippen LogP contribution in [0.5, 0.6) is 17.2 Å². The van der Waals surface area contributed by atoms with E-state index in [4.69, 9.17) is 25.8 Å². The SMILES string of the molecule is COc1cc(OC)c2c(c1Cl)OC1(C2=O)C(O)=C(C(CC(=O)NCCc2nc3ccc(F)cc3[nH]2)c2ccc(SC)cc2)C(=O)CC1C. The Kier molecular flexibility index (Phi) is 9.14. The second-order valence-electron chi connectivity index (χ2n) is 11.7. The molecule has 0 saturated heterocycles. The number of H-pyrrole nitrogens is 1. The molecule has 1 amide bonds. The fourth-order valence-electron chi connectivity index (χ4n) is 6.49. The highest BCUT2D eigenvalue weighted by atomic mass is 35.5. The van der Waals surface area contributed by atoms with Crippen LogP contribution in [-0.4, -0.2) is 65.2 Å². The number of thioether (sulfide) groups is 1. The Morgan fingerprint density at radius 2 is 1.92 bits per heavy atom. The van der Waals surface area contributed by atoms with Gasteiger partial charge in [0.25, 0.3) is 0 Å². The summed E-state index contributed by atoms with van der Waals surface area (Å²) in [5.41, 5.74) is -0.276. The molecule has 4 aromatic rings. The van der Waals surface area contributed by atoms with Crippen LogP contribution in [0.4, 0.5) is 4.39 Å². The summed E-state index contributed by atoms with van der Waals surface area (Å²) in [6.07, 6.45) is 1.93. The van der Waals surface area contributed by atoms with Crippen LogP contribution in [0.2, 0.25) is 5.02 Å². The molecule has 0 bridgehead atoms. The lowest BCUT2D eigenvalue weighted by molar-refractivity contribution is -0.121. The van der Waals surface area contributed by atoms with Crippen molar-refractivity contribution in [2.24, 2.45) is 5.92 Å². The number of imidazole rings is 1.